The van der Waals surface area contributed by atoms with Crippen LogP contribution in [0.5, 0.6) is 0 Å². The lowest BCUT2D eigenvalue weighted by Gasteiger charge is -2.46. The van der Waals surface area contributed by atoms with Gasteiger partial charge in [0.1, 0.15) is 48.8 Å². The van der Waals surface area contributed by atoms with E-state index in [1.54, 1.807) is 6.08 Å². The van der Waals surface area contributed by atoms with E-state index in [4.69, 9.17) is 18.9 Å². The Hall–Kier alpha value is -4.39. The van der Waals surface area contributed by atoms with Crippen LogP contribution < -0.4 is 5.32 Å². The van der Waals surface area contributed by atoms with E-state index in [0.29, 0.717) is 6.42 Å². The third kappa shape index (κ3) is 45.2. The third-order valence-electron chi connectivity index (χ3n) is 16.7. The topological polar surface area (TPSA) is 228 Å². The number of hydrogen-bond acceptors (Lipinski definition) is 13. The lowest BCUT2D eigenvalue weighted by molar-refractivity contribution is -0.359. The van der Waals surface area contributed by atoms with Gasteiger partial charge in [0.2, 0.25) is 5.91 Å². The van der Waals surface area contributed by atoms with Crippen LogP contribution in [0.15, 0.2) is 158 Å². The van der Waals surface area contributed by atoms with Gasteiger partial charge < -0.3 is 65.1 Å². The summed E-state index contributed by atoms with van der Waals surface area (Å²) in [6, 6.07) is -0.941. The molecule has 534 valence electrons. The Morgan fingerprint density at radius 1 is 0.394 bits per heavy atom. The number of ether oxygens (including phenoxy) is 4. The van der Waals surface area contributed by atoms with Crippen molar-refractivity contribution < 1.29 is 64.6 Å². The van der Waals surface area contributed by atoms with Crippen LogP contribution in [-0.2, 0) is 23.7 Å². The number of carbonyl (C=O) groups is 1. The summed E-state index contributed by atoms with van der Waals surface area (Å²) in [7, 11) is 0. The standard InChI is InChI=1S/C80H131NO13/c1-3-5-7-9-11-13-15-17-19-21-23-24-25-26-27-28-29-30-31-32-33-34-35-36-37-38-39-40-41-42-43-44-46-48-50-52-54-56-58-60-62-64-72(85)81-68(69(84)63-61-59-57-55-53-51-49-47-45-22-20-18-16-14-12-10-8-6-4-2)67-91-79-77(90)75(88)78(71(66-83)93-79)94-80-76(89)74(87)73(86)70(65-82)92-80/h5,7,11,13,17,19,23-24,26-27,29-30,32-33,35-36,38-39,41-42,44,46,50,52,61,63,68-71,73-80,82-84,86-90H,3-4,6,8-10,12,14-16,18,20-22,25,28,31,34,37,40,43,45,47-49,51,53-60,62,64-67H2,1-2H3,(H,81,85)/b7-5-,13-11-,19-17-,24-23-,27-26-,30-29-,33-32-,36-35-,39-38-,42-41-,46-44-,52-50-,63-61+. The first-order valence-electron chi connectivity index (χ1n) is 36.7. The minimum absolute atomic E-state index is 0.242. The summed E-state index contributed by atoms with van der Waals surface area (Å²) >= 11 is 0. The fraction of sp³-hybridized carbons (Fsp3) is 0.662. The van der Waals surface area contributed by atoms with E-state index in [1.165, 1.54) is 96.3 Å². The quantitative estimate of drug-likeness (QED) is 0.0204. The molecule has 14 nitrogen and oxygen atoms in total. The summed E-state index contributed by atoms with van der Waals surface area (Å²) in [5.74, 6) is -0.269. The number of hydrogen-bond donors (Lipinski definition) is 9. The zero-order chi connectivity index (χ0) is 68.0. The first-order valence-corrected chi connectivity index (χ1v) is 36.7. The molecule has 2 heterocycles. The molecule has 14 heteroatoms. The van der Waals surface area contributed by atoms with Crippen LogP contribution in [0.1, 0.15) is 245 Å². The van der Waals surface area contributed by atoms with Crippen molar-refractivity contribution in [2.45, 2.75) is 319 Å². The minimum Gasteiger partial charge on any atom is -0.394 e. The number of aliphatic hydroxyl groups is 8. The molecule has 0 saturated carbocycles. The molecule has 12 unspecified atom stereocenters. The lowest BCUT2D eigenvalue weighted by atomic mass is 9.97. The van der Waals surface area contributed by atoms with Gasteiger partial charge in [0, 0.05) is 6.42 Å². The van der Waals surface area contributed by atoms with Gasteiger partial charge in [0.15, 0.2) is 12.6 Å². The third-order valence-corrected chi connectivity index (χ3v) is 16.7. The van der Waals surface area contributed by atoms with Crippen LogP contribution in [0.25, 0.3) is 0 Å². The van der Waals surface area contributed by atoms with Crippen LogP contribution >= 0.6 is 0 Å². The van der Waals surface area contributed by atoms with Crippen LogP contribution in [0.4, 0.5) is 0 Å². The van der Waals surface area contributed by atoms with Crippen molar-refractivity contribution in [3.8, 4) is 0 Å². The zero-order valence-electron chi connectivity index (χ0n) is 58.1. The van der Waals surface area contributed by atoms with Gasteiger partial charge in [-0.1, -0.05) is 287 Å². The van der Waals surface area contributed by atoms with Crippen molar-refractivity contribution in [2.24, 2.45) is 0 Å². The maximum atomic E-state index is 13.3. The van der Waals surface area contributed by atoms with E-state index >= 15 is 0 Å². The van der Waals surface area contributed by atoms with E-state index in [1.807, 2.05) is 6.08 Å². The lowest BCUT2D eigenvalue weighted by Crippen LogP contribution is -2.65. The highest BCUT2D eigenvalue weighted by molar-refractivity contribution is 5.76. The van der Waals surface area contributed by atoms with E-state index in [9.17, 15) is 45.6 Å². The van der Waals surface area contributed by atoms with E-state index in [2.05, 4.69) is 165 Å². The number of aliphatic hydroxyl groups excluding tert-OH is 8. The van der Waals surface area contributed by atoms with Gasteiger partial charge in [-0.05, 0) is 109 Å². The molecule has 2 aliphatic heterocycles. The first-order chi connectivity index (χ1) is 46.1. The average molecular weight is 1310 g/mol. The molecule has 9 N–H and O–H groups in total. The smallest absolute Gasteiger partial charge is 0.220 e. The molecule has 0 aromatic heterocycles. The van der Waals surface area contributed by atoms with Gasteiger partial charge in [0.05, 0.1) is 32.0 Å². The normalized spacial score (nSPS) is 23.4. The second kappa shape index (κ2) is 62.2. The predicted octanol–water partition coefficient (Wildman–Crippen LogP) is 15.8. The summed E-state index contributed by atoms with van der Waals surface area (Å²) in [6.07, 6.45) is 78.6. The molecule has 0 bridgehead atoms. The Morgan fingerprint density at radius 3 is 1.13 bits per heavy atom. The molecule has 0 aliphatic carbocycles. The van der Waals surface area contributed by atoms with Crippen molar-refractivity contribution in [1.82, 2.24) is 5.32 Å². The van der Waals surface area contributed by atoms with Gasteiger partial charge in [0.25, 0.3) is 0 Å². The molecule has 0 aromatic carbocycles. The summed E-state index contributed by atoms with van der Waals surface area (Å²) in [5.41, 5.74) is 0. The van der Waals surface area contributed by atoms with Crippen LogP contribution in [-0.4, -0.2) is 140 Å². The highest BCUT2D eigenvalue weighted by atomic mass is 16.7. The molecular weight excluding hydrogens is 1180 g/mol. The van der Waals surface area contributed by atoms with E-state index < -0.39 is 86.8 Å². The average Bonchev–Trinajstić information content (AvgIpc) is 0.794. The molecule has 0 radical (unpaired) electrons. The second-order valence-electron chi connectivity index (χ2n) is 25.0. The van der Waals surface area contributed by atoms with Crippen LogP contribution in [0.3, 0.4) is 0 Å². The summed E-state index contributed by atoms with van der Waals surface area (Å²) in [5, 5.41) is 87.4. The van der Waals surface area contributed by atoms with Gasteiger partial charge in [-0.25, -0.2) is 0 Å². The molecular formula is C80H131NO13. The Kier molecular flexibility index (Phi) is 56.7. The highest BCUT2D eigenvalue weighted by Gasteiger charge is 2.51. The number of unbranched alkanes of at least 4 members (excludes halogenated alkanes) is 21. The fourth-order valence-corrected chi connectivity index (χ4v) is 10.9. The number of allylic oxidation sites excluding steroid dienone is 25. The Bertz CT molecular complexity index is 2190. The molecule has 0 aromatic rings. The first kappa shape index (κ1) is 85.7. The highest BCUT2D eigenvalue weighted by Crippen LogP contribution is 2.30. The van der Waals surface area contributed by atoms with E-state index in [-0.39, 0.29) is 18.9 Å². The molecule has 12 atom stereocenters. The largest absolute Gasteiger partial charge is 0.394 e. The molecule has 94 heavy (non-hydrogen) atoms. The van der Waals surface area contributed by atoms with Crippen LogP contribution in [0.2, 0.25) is 0 Å². The molecule has 0 spiro atoms. The summed E-state index contributed by atoms with van der Waals surface area (Å²) < 4.78 is 22.8. The monoisotopic (exact) mass is 1310 g/mol. The number of amides is 1. The molecule has 2 saturated heterocycles. The number of rotatable bonds is 58. The van der Waals surface area contributed by atoms with Gasteiger partial charge in [-0.15, -0.1) is 0 Å². The SMILES string of the molecule is CC/C=C\C/C=C\C/C=C\C/C=C\C/C=C\C/C=C\C/C=C\C/C=C\C/C=C\C/C=C\C/C=C\C/C=C\CCCCCCC(=O)NC(COC1OC(CO)C(OC2OC(CO)C(O)C(O)C2O)C(O)C1O)C(O)/C=C/CCCCCCCCCCCCCCCCCCC. The van der Waals surface area contributed by atoms with Crippen molar-refractivity contribution >= 4 is 5.91 Å². The van der Waals surface area contributed by atoms with Gasteiger partial charge in [-0.3, -0.25) is 4.79 Å². The zero-order valence-corrected chi connectivity index (χ0v) is 58.1. The second-order valence-corrected chi connectivity index (χ2v) is 25.0. The number of carbonyl (C=O) groups excluding carboxylic acids is 1. The Balaban J connectivity index is 1.66. The molecule has 2 rings (SSSR count). The fourth-order valence-electron chi connectivity index (χ4n) is 10.9. The van der Waals surface area contributed by atoms with Crippen molar-refractivity contribution in [3.63, 3.8) is 0 Å². The number of nitrogens with one attached hydrogen (secondary N) is 1. The van der Waals surface area contributed by atoms with E-state index in [0.717, 1.165) is 122 Å². The molecule has 1 amide bonds. The minimum atomic E-state index is -1.80. The van der Waals surface area contributed by atoms with Crippen molar-refractivity contribution in [3.05, 3.63) is 158 Å². The predicted molar refractivity (Wildman–Crippen MR) is 387 cm³/mol. The maximum Gasteiger partial charge on any atom is 0.220 e. The van der Waals surface area contributed by atoms with Gasteiger partial charge in [-0.2, -0.15) is 0 Å². The van der Waals surface area contributed by atoms with Crippen molar-refractivity contribution in [1.29, 1.82) is 0 Å². The Labute approximate surface area is 569 Å². The van der Waals surface area contributed by atoms with Gasteiger partial charge >= 0.3 is 0 Å². The Morgan fingerprint density at radius 2 is 0.734 bits per heavy atom. The molecule has 2 fully saturated rings. The maximum absolute atomic E-state index is 13.3. The van der Waals surface area contributed by atoms with Crippen LogP contribution in [0, 0.1) is 0 Å². The summed E-state index contributed by atoms with van der Waals surface area (Å²) in [4.78, 5) is 13.3. The summed E-state index contributed by atoms with van der Waals surface area (Å²) in [6.45, 7) is 2.67. The van der Waals surface area contributed by atoms with Crippen molar-refractivity contribution in [2.75, 3.05) is 19.8 Å². The molecule has 2 aliphatic rings.